The maximum Gasteiger partial charge on any atom is 0.149 e. The molecule has 2 aromatic carbocycles. The van der Waals surface area contributed by atoms with Crippen LogP contribution in [0, 0.1) is 0 Å². The van der Waals surface area contributed by atoms with Crippen LogP contribution in [0.5, 0.6) is 0 Å². The maximum absolute atomic E-state index is 9.61. The van der Waals surface area contributed by atoms with Gasteiger partial charge in [-0.3, -0.25) is 19.8 Å². The van der Waals surface area contributed by atoms with Gasteiger partial charge in [0.1, 0.15) is 11.6 Å². The minimum absolute atomic E-state index is 0.273. The van der Waals surface area contributed by atoms with Gasteiger partial charge in [0.25, 0.3) is 0 Å². The molecule has 4 aromatic rings. The second-order valence-corrected chi connectivity index (χ2v) is 11.4. The lowest BCUT2D eigenvalue weighted by Gasteiger charge is -2.35. The van der Waals surface area contributed by atoms with Crippen LogP contribution in [0.3, 0.4) is 0 Å². The van der Waals surface area contributed by atoms with E-state index in [1.165, 1.54) is 0 Å². The number of aliphatic hydroxyl groups excluding tert-OH is 2. The number of aliphatic hydroxyl groups is 2. The zero-order chi connectivity index (χ0) is 29.4. The molecule has 10 nitrogen and oxygen atoms in total. The molecule has 4 heterocycles. The Morgan fingerprint density at radius 1 is 0.690 bits per heavy atom. The standard InChI is InChI=1S/C30H32Cl2N8O2/c1-33-29-25(15-39-11-17(41)12-39)35-9-23(37-29)21-7-3-5-19(27(21)31)20-6-4-8-22(28(20)32)24-10-36-26(30(34-2)38-24)16-40-13-18(42)14-40/h3-10,17-18,41-42H,11-16H2,1-2H3,(H,33,37)(H,34,38). The van der Waals surface area contributed by atoms with Crippen LogP contribution < -0.4 is 10.6 Å². The molecule has 2 fully saturated rings. The second kappa shape index (κ2) is 12.1. The Hall–Kier alpha value is -3.38. The van der Waals surface area contributed by atoms with E-state index in [2.05, 4.69) is 30.4 Å². The summed E-state index contributed by atoms with van der Waals surface area (Å²) in [7, 11) is 3.63. The molecule has 0 spiro atoms. The van der Waals surface area contributed by atoms with Crippen molar-refractivity contribution in [2.45, 2.75) is 25.3 Å². The Morgan fingerprint density at radius 3 is 1.43 bits per heavy atom. The van der Waals surface area contributed by atoms with Crippen molar-refractivity contribution in [2.24, 2.45) is 0 Å². The highest BCUT2D eigenvalue weighted by Gasteiger charge is 2.27. The van der Waals surface area contributed by atoms with Crippen LogP contribution >= 0.6 is 23.2 Å². The molecular formula is C30H32Cl2N8O2. The van der Waals surface area contributed by atoms with Gasteiger partial charge in [0.15, 0.2) is 0 Å². The fourth-order valence-corrected chi connectivity index (χ4v) is 6.01. The van der Waals surface area contributed by atoms with Gasteiger partial charge in [-0.25, -0.2) is 9.97 Å². The molecule has 0 atom stereocenters. The summed E-state index contributed by atoms with van der Waals surface area (Å²) in [4.78, 5) is 23.2. The quantitative estimate of drug-likeness (QED) is 0.222. The summed E-state index contributed by atoms with van der Waals surface area (Å²) in [5, 5.41) is 26.5. The van der Waals surface area contributed by atoms with Crippen molar-refractivity contribution in [2.75, 3.05) is 50.9 Å². The molecule has 0 amide bonds. The topological polar surface area (TPSA) is 123 Å². The average molecular weight is 608 g/mol. The molecule has 4 N–H and O–H groups in total. The lowest BCUT2D eigenvalue weighted by atomic mass is 9.98. The maximum atomic E-state index is 9.61. The highest BCUT2D eigenvalue weighted by molar-refractivity contribution is 6.39. The van der Waals surface area contributed by atoms with E-state index in [1.54, 1.807) is 12.4 Å². The summed E-state index contributed by atoms with van der Waals surface area (Å²) in [6.07, 6.45) is 2.91. The molecule has 12 heteroatoms. The van der Waals surface area contributed by atoms with E-state index >= 15 is 0 Å². The van der Waals surface area contributed by atoms with Gasteiger partial charge in [-0.2, -0.15) is 0 Å². The lowest BCUT2D eigenvalue weighted by molar-refractivity contribution is -0.00368. The summed E-state index contributed by atoms with van der Waals surface area (Å²) >= 11 is 14.0. The van der Waals surface area contributed by atoms with Crippen LogP contribution in [-0.2, 0) is 13.1 Å². The normalized spacial score (nSPS) is 16.2. The fraction of sp³-hybridized carbons (Fsp3) is 0.333. The number of nitrogens with one attached hydrogen (secondary N) is 2. The van der Waals surface area contributed by atoms with E-state index in [9.17, 15) is 10.2 Å². The Kier molecular flexibility index (Phi) is 8.26. The predicted octanol–water partition coefficient (Wildman–Crippen LogP) is 4.01. The van der Waals surface area contributed by atoms with Gasteiger partial charge >= 0.3 is 0 Å². The first-order valence-electron chi connectivity index (χ1n) is 13.8. The molecule has 2 saturated heterocycles. The Bertz CT molecular complexity index is 1490. The second-order valence-electron chi connectivity index (χ2n) is 10.6. The van der Waals surface area contributed by atoms with Gasteiger partial charge in [0.05, 0.1) is 57.4 Å². The van der Waals surface area contributed by atoms with Crippen molar-refractivity contribution in [3.05, 3.63) is 70.2 Å². The van der Waals surface area contributed by atoms with Gasteiger partial charge < -0.3 is 20.8 Å². The molecule has 0 radical (unpaired) electrons. The Balaban J connectivity index is 1.30. The number of rotatable bonds is 9. The third kappa shape index (κ3) is 5.66. The molecule has 6 rings (SSSR count). The number of β-amino-alcohol motifs (C(OH)–C–C–N with tert-alkyl or cyclic N) is 2. The molecular weight excluding hydrogens is 575 g/mol. The van der Waals surface area contributed by atoms with Crippen LogP contribution in [0.1, 0.15) is 11.4 Å². The van der Waals surface area contributed by atoms with Crippen molar-refractivity contribution >= 4 is 34.8 Å². The largest absolute Gasteiger partial charge is 0.390 e. The third-order valence-electron chi connectivity index (χ3n) is 7.63. The summed E-state index contributed by atoms with van der Waals surface area (Å²) in [5.41, 5.74) is 5.91. The van der Waals surface area contributed by atoms with Crippen LogP contribution in [0.4, 0.5) is 11.6 Å². The first kappa shape index (κ1) is 28.7. The highest BCUT2D eigenvalue weighted by atomic mass is 35.5. The van der Waals surface area contributed by atoms with Gasteiger partial charge in [-0.1, -0.05) is 59.6 Å². The minimum atomic E-state index is -0.273. The van der Waals surface area contributed by atoms with E-state index in [0.717, 1.165) is 33.6 Å². The molecule has 0 saturated carbocycles. The van der Waals surface area contributed by atoms with E-state index in [-0.39, 0.29) is 12.2 Å². The van der Waals surface area contributed by atoms with Crippen molar-refractivity contribution in [3.63, 3.8) is 0 Å². The first-order chi connectivity index (χ1) is 20.3. The number of hydrogen-bond acceptors (Lipinski definition) is 10. The van der Waals surface area contributed by atoms with E-state index < -0.39 is 0 Å². The van der Waals surface area contributed by atoms with Crippen LogP contribution in [0.15, 0.2) is 48.8 Å². The number of halogens is 2. The number of hydrogen-bond donors (Lipinski definition) is 4. The number of aromatic nitrogens is 4. The van der Waals surface area contributed by atoms with Gasteiger partial charge in [0.2, 0.25) is 0 Å². The highest BCUT2D eigenvalue weighted by Crippen LogP contribution is 2.42. The van der Waals surface area contributed by atoms with E-state index in [0.29, 0.717) is 72.3 Å². The smallest absolute Gasteiger partial charge is 0.149 e. The molecule has 0 unspecified atom stereocenters. The molecule has 2 aliphatic heterocycles. The lowest BCUT2D eigenvalue weighted by Crippen LogP contribution is -2.50. The monoisotopic (exact) mass is 606 g/mol. The summed E-state index contributed by atoms with van der Waals surface area (Å²) in [5.74, 6) is 1.34. The van der Waals surface area contributed by atoms with E-state index in [4.69, 9.17) is 33.2 Å². The Morgan fingerprint density at radius 2 is 1.07 bits per heavy atom. The fourth-order valence-electron chi connectivity index (χ4n) is 5.36. The Labute approximate surface area is 254 Å². The molecule has 218 valence electrons. The van der Waals surface area contributed by atoms with Crippen molar-refractivity contribution < 1.29 is 10.2 Å². The van der Waals surface area contributed by atoms with Gasteiger partial charge in [0, 0.05) is 75.6 Å². The van der Waals surface area contributed by atoms with Crippen LogP contribution in [0.25, 0.3) is 33.6 Å². The van der Waals surface area contributed by atoms with Crippen molar-refractivity contribution in [3.8, 4) is 33.6 Å². The first-order valence-corrected chi connectivity index (χ1v) is 14.6. The molecule has 0 bridgehead atoms. The number of anilines is 2. The van der Waals surface area contributed by atoms with E-state index in [1.807, 2.05) is 50.5 Å². The predicted molar refractivity (Wildman–Crippen MR) is 166 cm³/mol. The number of likely N-dealkylation sites (tertiary alicyclic amines) is 2. The zero-order valence-electron chi connectivity index (χ0n) is 23.3. The number of benzene rings is 2. The molecule has 42 heavy (non-hydrogen) atoms. The summed E-state index contributed by atoms with van der Waals surface area (Å²) in [6.45, 7) is 3.76. The zero-order valence-corrected chi connectivity index (χ0v) is 24.9. The average Bonchev–Trinajstić information content (AvgIpc) is 2.96. The molecule has 2 aromatic heterocycles. The summed E-state index contributed by atoms with van der Waals surface area (Å²) in [6, 6.07) is 11.5. The minimum Gasteiger partial charge on any atom is -0.390 e. The molecule has 0 aliphatic carbocycles. The van der Waals surface area contributed by atoms with Crippen molar-refractivity contribution in [1.82, 2.24) is 29.7 Å². The summed E-state index contributed by atoms with van der Waals surface area (Å²) < 4.78 is 0. The van der Waals surface area contributed by atoms with Gasteiger partial charge in [-0.05, 0) is 0 Å². The SMILES string of the molecule is CNc1nc(-c2cccc(-c3cccc(-c4cnc(CN5CC(O)C5)c(NC)n4)c3Cl)c2Cl)cnc1CN1CC(O)C1. The van der Waals surface area contributed by atoms with Crippen LogP contribution in [-0.4, -0.2) is 92.4 Å². The van der Waals surface area contributed by atoms with Crippen molar-refractivity contribution in [1.29, 1.82) is 0 Å². The number of nitrogens with zero attached hydrogens (tertiary/aromatic N) is 6. The molecule has 2 aliphatic rings. The van der Waals surface area contributed by atoms with Gasteiger partial charge in [-0.15, -0.1) is 0 Å². The van der Waals surface area contributed by atoms with Crippen LogP contribution in [0.2, 0.25) is 10.0 Å². The third-order valence-corrected chi connectivity index (χ3v) is 8.45.